The van der Waals surface area contributed by atoms with Crippen LogP contribution in [-0.4, -0.2) is 29.0 Å². The van der Waals surface area contributed by atoms with Crippen molar-refractivity contribution in [2.24, 2.45) is 0 Å². The lowest BCUT2D eigenvalue weighted by atomic mass is 9.95. The highest BCUT2D eigenvalue weighted by Gasteiger charge is 2.22. The maximum absolute atomic E-state index is 9.49. The summed E-state index contributed by atoms with van der Waals surface area (Å²) >= 11 is 6.59. The van der Waals surface area contributed by atoms with Gasteiger partial charge in [-0.25, -0.2) is 0 Å². The average molecular weight is 330 g/mol. The first-order valence-corrected chi connectivity index (χ1v) is 8.02. The predicted molar refractivity (Wildman–Crippen MR) is 95.9 cm³/mol. The minimum atomic E-state index is -0.720. The van der Waals surface area contributed by atoms with Crippen LogP contribution in [0.1, 0.15) is 12.5 Å². The number of rotatable bonds is 5. The molecule has 3 rings (SSSR count). The highest BCUT2D eigenvalue weighted by Crippen LogP contribution is 2.36. The minimum absolute atomic E-state index is 0.132. The molecule has 23 heavy (non-hydrogen) atoms. The van der Waals surface area contributed by atoms with E-state index in [2.05, 4.69) is 17.4 Å². The second-order valence-corrected chi connectivity index (χ2v) is 6.49. The van der Waals surface area contributed by atoms with Gasteiger partial charge in [0.15, 0.2) is 0 Å². The molecular formula is C19H20ClNO2. The van der Waals surface area contributed by atoms with E-state index < -0.39 is 5.54 Å². The van der Waals surface area contributed by atoms with Gasteiger partial charge in [0.05, 0.1) is 23.8 Å². The van der Waals surface area contributed by atoms with Gasteiger partial charge in [0.25, 0.3) is 0 Å². The van der Waals surface area contributed by atoms with Crippen LogP contribution in [0, 0.1) is 0 Å². The van der Waals surface area contributed by atoms with Crippen LogP contribution in [-0.2, 0) is 6.54 Å². The van der Waals surface area contributed by atoms with E-state index in [9.17, 15) is 10.2 Å². The Labute approximate surface area is 140 Å². The van der Waals surface area contributed by atoms with Crippen LogP contribution in [0.3, 0.4) is 0 Å². The van der Waals surface area contributed by atoms with Crippen molar-refractivity contribution in [1.82, 2.24) is 5.32 Å². The SMILES string of the molecule is CC(CO)(CO)NCc1c2ccccc2c(Cl)c2ccccc12. The molecule has 4 heteroatoms. The molecule has 0 aromatic heterocycles. The Balaban J connectivity index is 2.19. The molecule has 3 N–H and O–H groups in total. The molecule has 0 amide bonds. The molecule has 0 fully saturated rings. The van der Waals surface area contributed by atoms with Crippen molar-refractivity contribution in [3.63, 3.8) is 0 Å². The van der Waals surface area contributed by atoms with Gasteiger partial charge in [-0.2, -0.15) is 0 Å². The smallest absolute Gasteiger partial charge is 0.0633 e. The molecule has 3 aromatic carbocycles. The second kappa shape index (κ2) is 6.46. The normalized spacial score (nSPS) is 12.2. The third-order valence-electron chi connectivity index (χ3n) is 4.37. The zero-order valence-electron chi connectivity index (χ0n) is 13.0. The fourth-order valence-corrected chi connectivity index (χ4v) is 3.15. The summed E-state index contributed by atoms with van der Waals surface area (Å²) in [5, 5.41) is 27.2. The van der Waals surface area contributed by atoms with Crippen LogP contribution >= 0.6 is 11.6 Å². The van der Waals surface area contributed by atoms with E-state index in [4.69, 9.17) is 11.6 Å². The number of hydrogen-bond acceptors (Lipinski definition) is 3. The van der Waals surface area contributed by atoms with E-state index in [-0.39, 0.29) is 13.2 Å². The molecule has 120 valence electrons. The summed E-state index contributed by atoms with van der Waals surface area (Å²) in [6.45, 7) is 2.07. The molecule has 3 aromatic rings. The first-order valence-electron chi connectivity index (χ1n) is 7.64. The average Bonchev–Trinajstić information content (AvgIpc) is 2.61. The van der Waals surface area contributed by atoms with Gasteiger partial charge < -0.3 is 15.5 Å². The van der Waals surface area contributed by atoms with E-state index in [1.807, 2.05) is 36.4 Å². The number of nitrogens with one attached hydrogen (secondary N) is 1. The Kier molecular flexibility index (Phi) is 4.55. The first kappa shape index (κ1) is 16.2. The van der Waals surface area contributed by atoms with Gasteiger partial charge in [0.2, 0.25) is 0 Å². The number of halogens is 1. The standard InChI is InChI=1S/C19H20ClNO2/c1-19(11-22,12-23)21-10-17-13-6-2-4-8-15(13)18(20)16-9-5-3-7-14(16)17/h2-9,21-23H,10-12H2,1H3. The zero-order valence-corrected chi connectivity index (χ0v) is 13.8. The second-order valence-electron chi connectivity index (χ2n) is 6.11. The summed E-state index contributed by atoms with van der Waals surface area (Å²) in [5.74, 6) is 0. The number of aliphatic hydroxyl groups is 2. The Morgan fingerprint density at radius 1 is 0.870 bits per heavy atom. The van der Waals surface area contributed by atoms with E-state index in [1.165, 1.54) is 0 Å². The molecule has 0 saturated carbocycles. The van der Waals surface area contributed by atoms with Crippen molar-refractivity contribution < 1.29 is 10.2 Å². The summed E-state index contributed by atoms with van der Waals surface area (Å²) in [7, 11) is 0. The first-order chi connectivity index (χ1) is 11.1. The molecular weight excluding hydrogens is 310 g/mol. The zero-order chi connectivity index (χ0) is 16.4. The Bertz CT molecular complexity index is 786. The molecule has 0 aliphatic heterocycles. The molecule has 0 spiro atoms. The molecule has 0 heterocycles. The third-order valence-corrected chi connectivity index (χ3v) is 4.77. The van der Waals surface area contributed by atoms with Crippen molar-refractivity contribution in [3.8, 4) is 0 Å². The topological polar surface area (TPSA) is 52.5 Å². The fraction of sp³-hybridized carbons (Fsp3) is 0.263. The van der Waals surface area contributed by atoms with Gasteiger partial charge in [-0.3, -0.25) is 0 Å². The van der Waals surface area contributed by atoms with Crippen LogP contribution in [0.4, 0.5) is 0 Å². The molecule has 0 radical (unpaired) electrons. The van der Waals surface area contributed by atoms with Crippen LogP contribution in [0.15, 0.2) is 48.5 Å². The van der Waals surface area contributed by atoms with E-state index in [0.29, 0.717) is 6.54 Å². The molecule has 0 atom stereocenters. The molecule has 0 saturated heterocycles. The van der Waals surface area contributed by atoms with E-state index >= 15 is 0 Å². The molecule has 0 bridgehead atoms. The van der Waals surface area contributed by atoms with Gasteiger partial charge >= 0.3 is 0 Å². The van der Waals surface area contributed by atoms with Crippen LogP contribution in [0.5, 0.6) is 0 Å². The van der Waals surface area contributed by atoms with Crippen LogP contribution in [0.25, 0.3) is 21.5 Å². The summed E-state index contributed by atoms with van der Waals surface area (Å²) in [6, 6.07) is 16.1. The number of aliphatic hydroxyl groups excluding tert-OH is 2. The maximum atomic E-state index is 9.49. The lowest BCUT2D eigenvalue weighted by molar-refractivity contribution is 0.103. The molecule has 0 aliphatic rings. The monoisotopic (exact) mass is 329 g/mol. The fourth-order valence-electron chi connectivity index (χ4n) is 2.82. The molecule has 0 unspecified atom stereocenters. The lowest BCUT2D eigenvalue weighted by Crippen LogP contribution is -2.48. The van der Waals surface area contributed by atoms with Crippen LogP contribution in [0.2, 0.25) is 5.02 Å². The van der Waals surface area contributed by atoms with Gasteiger partial charge in [-0.05, 0) is 23.3 Å². The third kappa shape index (κ3) is 2.93. The highest BCUT2D eigenvalue weighted by atomic mass is 35.5. The maximum Gasteiger partial charge on any atom is 0.0633 e. The van der Waals surface area contributed by atoms with Crippen LogP contribution < -0.4 is 5.32 Å². The Hall–Kier alpha value is -1.65. The van der Waals surface area contributed by atoms with Crippen molar-refractivity contribution in [3.05, 3.63) is 59.1 Å². The number of hydrogen-bond donors (Lipinski definition) is 3. The van der Waals surface area contributed by atoms with Gasteiger partial charge in [0, 0.05) is 17.3 Å². The predicted octanol–water partition coefficient (Wildman–Crippen LogP) is 3.48. The number of fused-ring (bicyclic) bond motifs is 2. The molecule has 3 nitrogen and oxygen atoms in total. The van der Waals surface area contributed by atoms with Gasteiger partial charge in [-0.15, -0.1) is 0 Å². The quantitative estimate of drug-likeness (QED) is 0.628. The van der Waals surface area contributed by atoms with E-state index in [1.54, 1.807) is 6.92 Å². The minimum Gasteiger partial charge on any atom is -0.394 e. The summed E-state index contributed by atoms with van der Waals surface area (Å²) in [4.78, 5) is 0. The summed E-state index contributed by atoms with van der Waals surface area (Å²) < 4.78 is 0. The van der Waals surface area contributed by atoms with Crippen molar-refractivity contribution in [1.29, 1.82) is 0 Å². The van der Waals surface area contributed by atoms with Crippen molar-refractivity contribution in [2.75, 3.05) is 13.2 Å². The van der Waals surface area contributed by atoms with Gasteiger partial charge in [0.1, 0.15) is 0 Å². The summed E-state index contributed by atoms with van der Waals surface area (Å²) in [6.07, 6.45) is 0. The summed E-state index contributed by atoms with van der Waals surface area (Å²) in [5.41, 5.74) is 0.399. The van der Waals surface area contributed by atoms with Crippen molar-refractivity contribution in [2.45, 2.75) is 19.0 Å². The number of benzene rings is 3. The van der Waals surface area contributed by atoms with Gasteiger partial charge in [-0.1, -0.05) is 60.1 Å². The Morgan fingerprint density at radius 2 is 1.30 bits per heavy atom. The largest absolute Gasteiger partial charge is 0.394 e. The Morgan fingerprint density at radius 3 is 1.74 bits per heavy atom. The lowest BCUT2D eigenvalue weighted by Gasteiger charge is -2.27. The highest BCUT2D eigenvalue weighted by molar-refractivity contribution is 6.41. The van der Waals surface area contributed by atoms with E-state index in [0.717, 1.165) is 32.1 Å². The van der Waals surface area contributed by atoms with Crippen molar-refractivity contribution >= 4 is 33.1 Å². The molecule has 0 aliphatic carbocycles.